The Morgan fingerprint density at radius 3 is 2.31 bits per heavy atom. The third-order valence-electron chi connectivity index (χ3n) is 7.56. The fourth-order valence-electron chi connectivity index (χ4n) is 5.71. The van der Waals surface area contributed by atoms with Crippen molar-refractivity contribution in [3.8, 4) is 0 Å². The van der Waals surface area contributed by atoms with Gasteiger partial charge in [0.15, 0.2) is 0 Å². The molecule has 1 aliphatic heterocycles. The molecule has 0 saturated heterocycles. The normalized spacial score (nSPS) is 23.7. The van der Waals surface area contributed by atoms with Gasteiger partial charge in [0, 0.05) is 29.2 Å². The Morgan fingerprint density at radius 1 is 0.917 bits per heavy atom. The van der Waals surface area contributed by atoms with Crippen LogP contribution >= 0.6 is 11.6 Å². The average Bonchev–Trinajstić information content (AvgIpc) is 2.90. The Hall–Kier alpha value is -3.15. The molecule has 2 atom stereocenters. The van der Waals surface area contributed by atoms with Gasteiger partial charge in [-0.3, -0.25) is 9.59 Å². The lowest BCUT2D eigenvalue weighted by Gasteiger charge is -2.47. The van der Waals surface area contributed by atoms with E-state index in [0.717, 1.165) is 43.2 Å². The standard InChI is InChI=1S/C30H32ClN3O2/c31-22-12-10-21(11-13-22)28-27(29(35)33-19-18-20-6-2-1-3-7-20)25-8-4-5-9-26(25)30(36)34(28)24-16-14-23(32)15-17-24/h1-13,23-24,27-28H,14-19,32H2,(H,33,35)/t23?,24?,27-,28+/m1/s1. The minimum atomic E-state index is -0.522. The summed E-state index contributed by atoms with van der Waals surface area (Å²) in [6, 6.07) is 25.0. The fourth-order valence-corrected chi connectivity index (χ4v) is 5.84. The highest BCUT2D eigenvalue weighted by Gasteiger charge is 2.46. The zero-order chi connectivity index (χ0) is 25.1. The van der Waals surface area contributed by atoms with Crippen molar-refractivity contribution in [2.45, 2.75) is 56.1 Å². The van der Waals surface area contributed by atoms with Gasteiger partial charge < -0.3 is 16.0 Å². The first kappa shape index (κ1) is 24.5. The molecule has 1 heterocycles. The highest BCUT2D eigenvalue weighted by atomic mass is 35.5. The van der Waals surface area contributed by atoms with Crippen LogP contribution in [0.1, 0.15) is 64.7 Å². The summed E-state index contributed by atoms with van der Waals surface area (Å²) >= 11 is 6.21. The molecule has 3 aromatic carbocycles. The molecule has 0 aromatic heterocycles. The number of amides is 2. The Balaban J connectivity index is 1.52. The van der Waals surface area contributed by atoms with Gasteiger partial charge in [-0.1, -0.05) is 72.3 Å². The molecule has 0 unspecified atom stereocenters. The van der Waals surface area contributed by atoms with Crippen LogP contribution in [0.4, 0.5) is 0 Å². The van der Waals surface area contributed by atoms with Crippen molar-refractivity contribution in [1.29, 1.82) is 0 Å². The van der Waals surface area contributed by atoms with Crippen LogP contribution in [0.25, 0.3) is 0 Å². The highest BCUT2D eigenvalue weighted by molar-refractivity contribution is 6.30. The number of halogens is 1. The maximum absolute atomic E-state index is 14.0. The van der Waals surface area contributed by atoms with Crippen molar-refractivity contribution in [3.05, 3.63) is 106 Å². The van der Waals surface area contributed by atoms with Gasteiger partial charge in [0.1, 0.15) is 0 Å². The van der Waals surface area contributed by atoms with Gasteiger partial charge in [-0.15, -0.1) is 0 Å². The minimum absolute atomic E-state index is 0.0145. The van der Waals surface area contributed by atoms with Gasteiger partial charge in [-0.25, -0.2) is 0 Å². The van der Waals surface area contributed by atoms with Gasteiger partial charge in [0.25, 0.3) is 5.91 Å². The summed E-state index contributed by atoms with van der Waals surface area (Å²) in [6.07, 6.45) is 4.16. The van der Waals surface area contributed by atoms with Crippen molar-refractivity contribution in [2.24, 2.45) is 5.73 Å². The molecule has 3 N–H and O–H groups in total. The molecule has 5 rings (SSSR count). The van der Waals surface area contributed by atoms with Crippen molar-refractivity contribution in [3.63, 3.8) is 0 Å². The summed E-state index contributed by atoms with van der Waals surface area (Å²) < 4.78 is 0. The van der Waals surface area contributed by atoms with E-state index in [1.54, 1.807) is 0 Å². The molecule has 1 aliphatic carbocycles. The predicted octanol–water partition coefficient (Wildman–Crippen LogP) is 5.25. The zero-order valence-electron chi connectivity index (χ0n) is 20.3. The maximum Gasteiger partial charge on any atom is 0.254 e. The number of nitrogens with zero attached hydrogens (tertiary/aromatic N) is 1. The van der Waals surface area contributed by atoms with Crippen molar-refractivity contribution < 1.29 is 9.59 Å². The molecule has 0 bridgehead atoms. The first-order chi connectivity index (χ1) is 17.5. The van der Waals surface area contributed by atoms with Crippen LogP contribution in [0, 0.1) is 0 Å². The number of fused-ring (bicyclic) bond motifs is 1. The molecular formula is C30H32ClN3O2. The van der Waals surface area contributed by atoms with E-state index >= 15 is 0 Å². The minimum Gasteiger partial charge on any atom is -0.355 e. The second-order valence-electron chi connectivity index (χ2n) is 9.87. The lowest BCUT2D eigenvalue weighted by molar-refractivity contribution is -0.124. The van der Waals surface area contributed by atoms with Gasteiger partial charge in [0.2, 0.25) is 5.91 Å². The number of carbonyl (C=O) groups excluding carboxylic acids is 2. The quantitative estimate of drug-likeness (QED) is 0.484. The lowest BCUT2D eigenvalue weighted by atomic mass is 9.77. The van der Waals surface area contributed by atoms with Gasteiger partial charge in [-0.05, 0) is 67.0 Å². The number of nitrogens with two attached hydrogens (primary N) is 1. The Bertz CT molecular complexity index is 1210. The summed E-state index contributed by atoms with van der Waals surface area (Å²) in [5.41, 5.74) is 9.68. The van der Waals surface area contributed by atoms with Crippen molar-refractivity contribution >= 4 is 23.4 Å². The SMILES string of the molecule is NC1CCC(N2C(=O)c3ccccc3[C@@H](C(=O)NCCc3ccccc3)[C@@H]2c2ccc(Cl)cc2)CC1. The molecule has 0 radical (unpaired) electrons. The van der Waals surface area contributed by atoms with E-state index in [4.69, 9.17) is 17.3 Å². The summed E-state index contributed by atoms with van der Waals surface area (Å²) in [4.78, 5) is 29.8. The summed E-state index contributed by atoms with van der Waals surface area (Å²) in [5, 5.41) is 3.80. The third-order valence-corrected chi connectivity index (χ3v) is 7.81. The van der Waals surface area contributed by atoms with Crippen molar-refractivity contribution in [2.75, 3.05) is 6.54 Å². The average molecular weight is 502 g/mol. The number of nitrogens with one attached hydrogen (secondary N) is 1. The van der Waals surface area contributed by atoms with E-state index in [9.17, 15) is 9.59 Å². The second-order valence-corrected chi connectivity index (χ2v) is 10.3. The third kappa shape index (κ3) is 5.04. The first-order valence-electron chi connectivity index (χ1n) is 12.8. The first-order valence-corrected chi connectivity index (χ1v) is 13.1. The van der Waals surface area contributed by atoms with Gasteiger partial charge in [-0.2, -0.15) is 0 Å². The summed E-state index contributed by atoms with van der Waals surface area (Å²) in [5.74, 6) is -0.603. The topological polar surface area (TPSA) is 75.4 Å². The molecule has 5 nitrogen and oxygen atoms in total. The molecule has 1 fully saturated rings. The smallest absolute Gasteiger partial charge is 0.254 e. The van der Waals surface area contributed by atoms with Crippen LogP contribution in [0.15, 0.2) is 78.9 Å². The zero-order valence-corrected chi connectivity index (χ0v) is 21.0. The van der Waals surface area contributed by atoms with E-state index in [-0.39, 0.29) is 23.9 Å². The maximum atomic E-state index is 14.0. The van der Waals surface area contributed by atoms with E-state index in [2.05, 4.69) is 17.4 Å². The number of hydrogen-bond acceptors (Lipinski definition) is 3. The monoisotopic (exact) mass is 501 g/mol. The molecule has 3 aromatic rings. The van der Waals surface area contributed by atoms with E-state index in [1.165, 1.54) is 5.56 Å². The predicted molar refractivity (Wildman–Crippen MR) is 143 cm³/mol. The number of rotatable bonds is 6. The molecule has 2 aliphatic rings. The van der Waals surface area contributed by atoms with Gasteiger partial charge in [0.05, 0.1) is 12.0 Å². The Kier molecular flexibility index (Phi) is 7.40. The van der Waals surface area contributed by atoms with Crippen molar-refractivity contribution in [1.82, 2.24) is 10.2 Å². The number of hydrogen-bond donors (Lipinski definition) is 2. The fraction of sp³-hybridized carbons (Fsp3) is 0.333. The highest BCUT2D eigenvalue weighted by Crippen LogP contribution is 2.45. The lowest BCUT2D eigenvalue weighted by Crippen LogP contribution is -2.53. The van der Waals surface area contributed by atoms with Crippen LogP contribution in [0.2, 0.25) is 5.02 Å². The molecule has 186 valence electrons. The largest absolute Gasteiger partial charge is 0.355 e. The summed E-state index contributed by atoms with van der Waals surface area (Å²) in [6.45, 7) is 0.529. The molecule has 2 amide bonds. The van der Waals surface area contributed by atoms with Crippen LogP contribution in [0.3, 0.4) is 0 Å². The van der Waals surface area contributed by atoms with E-state index in [0.29, 0.717) is 17.1 Å². The molecule has 0 spiro atoms. The molecular weight excluding hydrogens is 470 g/mol. The molecule has 6 heteroatoms. The van der Waals surface area contributed by atoms with Gasteiger partial charge >= 0.3 is 0 Å². The van der Waals surface area contributed by atoms with Crippen LogP contribution in [-0.4, -0.2) is 35.3 Å². The summed E-state index contributed by atoms with van der Waals surface area (Å²) in [7, 11) is 0. The molecule has 1 saturated carbocycles. The van der Waals surface area contributed by atoms with E-state index in [1.807, 2.05) is 71.6 Å². The Morgan fingerprint density at radius 2 is 1.58 bits per heavy atom. The van der Waals surface area contributed by atoms with Crippen LogP contribution in [0.5, 0.6) is 0 Å². The number of carbonyl (C=O) groups is 2. The molecule has 36 heavy (non-hydrogen) atoms. The Labute approximate surface area is 217 Å². The second kappa shape index (κ2) is 10.9. The van der Waals surface area contributed by atoms with Crippen LogP contribution in [-0.2, 0) is 11.2 Å². The van der Waals surface area contributed by atoms with Crippen LogP contribution < -0.4 is 11.1 Å². The number of benzene rings is 3. The van der Waals surface area contributed by atoms with E-state index < -0.39 is 12.0 Å².